The van der Waals surface area contributed by atoms with Crippen LogP contribution in [0.15, 0.2) is 0 Å². The van der Waals surface area contributed by atoms with Crippen molar-refractivity contribution in [2.45, 2.75) is 78.1 Å². The van der Waals surface area contributed by atoms with E-state index in [9.17, 15) is 4.57 Å². The molecule has 0 heterocycles. The van der Waals surface area contributed by atoms with E-state index >= 15 is 0 Å². The van der Waals surface area contributed by atoms with Gasteiger partial charge in [-0.3, -0.25) is 9.05 Å². The Morgan fingerprint density at radius 2 is 1.26 bits per heavy atom. The number of unbranched alkanes of at least 4 members (excludes halogenated alkanes) is 9. The topological polar surface area (TPSA) is 35.5 Å². The molecule has 0 N–H and O–H groups in total. The first-order valence-electron chi connectivity index (χ1n) is 7.71. The highest BCUT2D eigenvalue weighted by Gasteiger charge is 2.18. The van der Waals surface area contributed by atoms with Crippen molar-refractivity contribution in [3.05, 3.63) is 0 Å². The third-order valence-corrected chi connectivity index (χ3v) is 4.67. The van der Waals surface area contributed by atoms with Gasteiger partial charge in [0, 0.05) is 11.2 Å². The lowest BCUT2D eigenvalue weighted by molar-refractivity contribution is 0.222. The van der Waals surface area contributed by atoms with Gasteiger partial charge in [0.25, 0.3) is 0 Å². The fourth-order valence-electron chi connectivity index (χ4n) is 1.95. The van der Waals surface area contributed by atoms with E-state index in [0.29, 0.717) is 13.2 Å². The number of rotatable bonds is 14. The molecular formula is C14H30ClO3P. The Labute approximate surface area is 123 Å². The number of hydrogen-bond donors (Lipinski definition) is 0. The number of halogens is 1. The Hall–Kier alpha value is 0.440. The SMILES string of the molecule is CCCCCCCCCCCCOP(=O)(Cl)OCC. The van der Waals surface area contributed by atoms with Crippen LogP contribution in [0.3, 0.4) is 0 Å². The lowest BCUT2D eigenvalue weighted by atomic mass is 10.1. The second-order valence-corrected chi connectivity index (χ2v) is 7.48. The predicted molar refractivity (Wildman–Crippen MR) is 82.9 cm³/mol. The minimum atomic E-state index is -3.30. The van der Waals surface area contributed by atoms with E-state index in [0.717, 1.165) is 12.8 Å². The maximum atomic E-state index is 11.4. The van der Waals surface area contributed by atoms with Gasteiger partial charge < -0.3 is 0 Å². The van der Waals surface area contributed by atoms with E-state index in [1.165, 1.54) is 51.4 Å². The van der Waals surface area contributed by atoms with Gasteiger partial charge >= 0.3 is 6.95 Å². The molecule has 0 spiro atoms. The lowest BCUT2D eigenvalue weighted by Gasteiger charge is -2.09. The Kier molecular flexibility index (Phi) is 13.7. The minimum absolute atomic E-state index is 0.318. The molecule has 0 radical (unpaired) electrons. The van der Waals surface area contributed by atoms with Crippen molar-refractivity contribution in [1.82, 2.24) is 0 Å². The van der Waals surface area contributed by atoms with Crippen LogP contribution in [0.25, 0.3) is 0 Å². The maximum absolute atomic E-state index is 11.4. The van der Waals surface area contributed by atoms with Gasteiger partial charge in [-0.15, -0.1) is 0 Å². The molecule has 0 aromatic rings. The Bertz CT molecular complexity index is 237. The van der Waals surface area contributed by atoms with Crippen molar-refractivity contribution in [2.24, 2.45) is 0 Å². The van der Waals surface area contributed by atoms with E-state index in [1.54, 1.807) is 6.92 Å². The molecule has 0 aromatic heterocycles. The highest BCUT2D eigenvalue weighted by atomic mass is 35.7. The second-order valence-electron chi connectivity index (χ2n) is 4.86. The quantitative estimate of drug-likeness (QED) is 0.278. The zero-order valence-corrected chi connectivity index (χ0v) is 14.2. The van der Waals surface area contributed by atoms with Gasteiger partial charge in [-0.2, -0.15) is 0 Å². The summed E-state index contributed by atoms with van der Waals surface area (Å²) in [5, 5.41) is 0. The standard InChI is InChI=1S/C14H30ClO3P/c1-3-5-6-7-8-9-10-11-12-13-14-18-19(15,16)17-4-2/h3-14H2,1-2H3. The molecule has 0 aliphatic carbocycles. The van der Waals surface area contributed by atoms with Gasteiger partial charge in [-0.05, 0) is 13.3 Å². The summed E-state index contributed by atoms with van der Waals surface area (Å²) in [7, 11) is 0. The molecule has 0 aromatic carbocycles. The monoisotopic (exact) mass is 312 g/mol. The van der Waals surface area contributed by atoms with Crippen molar-refractivity contribution in [3.63, 3.8) is 0 Å². The first-order chi connectivity index (χ1) is 9.12. The zero-order valence-electron chi connectivity index (χ0n) is 12.5. The molecule has 0 aliphatic heterocycles. The van der Waals surface area contributed by atoms with Gasteiger partial charge in [-0.1, -0.05) is 64.7 Å². The van der Waals surface area contributed by atoms with Crippen molar-refractivity contribution in [1.29, 1.82) is 0 Å². The van der Waals surface area contributed by atoms with Crippen LogP contribution in [0.4, 0.5) is 0 Å². The average molecular weight is 313 g/mol. The van der Waals surface area contributed by atoms with Crippen LogP contribution < -0.4 is 0 Å². The molecule has 0 fully saturated rings. The normalized spacial score (nSPS) is 14.5. The van der Waals surface area contributed by atoms with Crippen molar-refractivity contribution in [2.75, 3.05) is 13.2 Å². The molecular weight excluding hydrogens is 283 g/mol. The van der Waals surface area contributed by atoms with Gasteiger partial charge in [-0.25, -0.2) is 4.57 Å². The fraction of sp³-hybridized carbons (Fsp3) is 1.00. The minimum Gasteiger partial charge on any atom is -0.297 e. The summed E-state index contributed by atoms with van der Waals surface area (Å²) in [6, 6.07) is 0. The van der Waals surface area contributed by atoms with Crippen LogP contribution in [-0.4, -0.2) is 13.2 Å². The largest absolute Gasteiger partial charge is 0.424 e. The van der Waals surface area contributed by atoms with Crippen molar-refractivity contribution in [3.8, 4) is 0 Å². The average Bonchev–Trinajstić information content (AvgIpc) is 2.36. The van der Waals surface area contributed by atoms with Gasteiger partial charge in [0.15, 0.2) is 0 Å². The van der Waals surface area contributed by atoms with Crippen LogP contribution in [0, 0.1) is 0 Å². The molecule has 0 aliphatic rings. The van der Waals surface area contributed by atoms with Crippen LogP contribution >= 0.6 is 18.2 Å². The molecule has 0 saturated heterocycles. The molecule has 0 bridgehead atoms. The first-order valence-corrected chi connectivity index (χ1v) is 10.2. The Morgan fingerprint density at radius 3 is 1.74 bits per heavy atom. The van der Waals surface area contributed by atoms with Crippen LogP contribution in [-0.2, 0) is 13.6 Å². The summed E-state index contributed by atoms with van der Waals surface area (Å²) in [6.45, 7) is 1.44. The molecule has 19 heavy (non-hydrogen) atoms. The molecule has 1 unspecified atom stereocenters. The molecule has 0 rings (SSSR count). The zero-order chi connectivity index (χ0) is 14.4. The summed E-state index contributed by atoms with van der Waals surface area (Å²) in [5.41, 5.74) is 0. The first kappa shape index (κ1) is 19.4. The molecule has 0 amide bonds. The van der Waals surface area contributed by atoms with E-state index < -0.39 is 6.95 Å². The highest BCUT2D eigenvalue weighted by Crippen LogP contribution is 2.53. The maximum Gasteiger partial charge on any atom is 0.424 e. The lowest BCUT2D eigenvalue weighted by Crippen LogP contribution is -1.93. The Morgan fingerprint density at radius 1 is 0.789 bits per heavy atom. The van der Waals surface area contributed by atoms with E-state index in [4.69, 9.17) is 20.3 Å². The van der Waals surface area contributed by atoms with Gasteiger partial charge in [0.2, 0.25) is 0 Å². The second kappa shape index (κ2) is 13.4. The van der Waals surface area contributed by atoms with E-state index in [-0.39, 0.29) is 0 Å². The molecule has 0 saturated carbocycles. The van der Waals surface area contributed by atoms with Gasteiger partial charge in [0.1, 0.15) is 0 Å². The molecule has 116 valence electrons. The smallest absolute Gasteiger partial charge is 0.297 e. The van der Waals surface area contributed by atoms with E-state index in [1.807, 2.05) is 0 Å². The van der Waals surface area contributed by atoms with Crippen LogP contribution in [0.2, 0.25) is 0 Å². The van der Waals surface area contributed by atoms with Crippen molar-refractivity contribution < 1.29 is 13.6 Å². The molecule has 5 heteroatoms. The van der Waals surface area contributed by atoms with Gasteiger partial charge in [0.05, 0.1) is 13.2 Å². The third kappa shape index (κ3) is 14.7. The predicted octanol–water partition coefficient (Wildman–Crippen LogP) is 6.31. The third-order valence-electron chi connectivity index (χ3n) is 3.03. The fourth-order valence-corrected chi connectivity index (χ4v) is 3.18. The summed E-state index contributed by atoms with van der Waals surface area (Å²) < 4.78 is 21.3. The van der Waals surface area contributed by atoms with E-state index in [2.05, 4.69) is 6.92 Å². The summed E-state index contributed by atoms with van der Waals surface area (Å²) in [6.07, 6.45) is 12.6. The highest BCUT2D eigenvalue weighted by molar-refractivity contribution is 7.81. The molecule has 1 atom stereocenters. The summed E-state index contributed by atoms with van der Waals surface area (Å²) >= 11 is 5.57. The van der Waals surface area contributed by atoms with Crippen molar-refractivity contribution >= 4 is 18.2 Å². The van der Waals surface area contributed by atoms with Crippen LogP contribution in [0.5, 0.6) is 0 Å². The number of hydrogen-bond acceptors (Lipinski definition) is 3. The van der Waals surface area contributed by atoms with Crippen LogP contribution in [0.1, 0.15) is 78.1 Å². The molecule has 3 nitrogen and oxygen atoms in total. The summed E-state index contributed by atoms with van der Waals surface area (Å²) in [5.74, 6) is 0. The summed E-state index contributed by atoms with van der Waals surface area (Å²) in [4.78, 5) is 0. The Balaban J connectivity index is 3.17.